The van der Waals surface area contributed by atoms with Crippen LogP contribution in [0.1, 0.15) is 0 Å². The normalized spacial score (nSPS) is 10.9. The molecule has 16 rings (SSSR count). The van der Waals surface area contributed by atoms with Crippen LogP contribution in [0.15, 0.2) is 267 Å². The molecule has 0 N–H and O–H groups in total. The van der Waals surface area contributed by atoms with Crippen molar-refractivity contribution in [2.75, 3.05) is 85.3 Å². The van der Waals surface area contributed by atoms with Crippen LogP contribution in [0.25, 0.3) is 131 Å². The van der Waals surface area contributed by atoms with Gasteiger partial charge < -0.3 is 56.8 Å². The first kappa shape index (κ1) is 69.7. The summed E-state index contributed by atoms with van der Waals surface area (Å²) < 4.78 is 68.7. The van der Waals surface area contributed by atoms with Crippen molar-refractivity contribution in [3.63, 3.8) is 0 Å². The summed E-state index contributed by atoms with van der Waals surface area (Å²) in [6.45, 7) is 0. The molecule has 0 saturated heterocycles. The van der Waals surface area contributed by atoms with Crippen LogP contribution in [0.5, 0.6) is 69.0 Å². The lowest BCUT2D eigenvalue weighted by atomic mass is 9.93. The van der Waals surface area contributed by atoms with Gasteiger partial charge in [0, 0.05) is 92.8 Å². The third-order valence-electron chi connectivity index (χ3n) is 19.0. The van der Waals surface area contributed by atoms with Gasteiger partial charge >= 0.3 is 0 Å². The zero-order valence-corrected chi connectivity index (χ0v) is 60.3. The Kier molecular flexibility index (Phi) is 21.0. The van der Waals surface area contributed by atoms with E-state index in [0.29, 0.717) is 0 Å². The summed E-state index contributed by atoms with van der Waals surface area (Å²) in [6.07, 6.45) is 0. The van der Waals surface area contributed by atoms with Gasteiger partial charge in [0.2, 0.25) is 0 Å². The van der Waals surface area contributed by atoms with Crippen molar-refractivity contribution in [3.8, 4) is 114 Å². The van der Waals surface area contributed by atoms with Crippen LogP contribution in [0.2, 0.25) is 0 Å². The van der Waals surface area contributed by atoms with Gasteiger partial charge in [-0.3, -0.25) is 0 Å². The maximum atomic E-state index is 5.85. The maximum Gasteiger partial charge on any atom is 0.134 e. The molecule has 0 aromatic heterocycles. The predicted octanol–water partition coefficient (Wildman–Crippen LogP) is 22.7. The summed E-state index contributed by atoms with van der Waals surface area (Å²) in [6, 6.07) is 90.1. The Labute approximate surface area is 605 Å². The van der Waals surface area contributed by atoms with E-state index >= 15 is 0 Å². The second-order valence-electron chi connectivity index (χ2n) is 24.3. The Morgan fingerprint density at radius 3 is 0.846 bits per heavy atom. The molecule has 12 nitrogen and oxygen atoms in total. The number of hydrogen-bond donors (Lipinski definition) is 0. The van der Waals surface area contributed by atoms with Crippen molar-refractivity contribution < 1.29 is 56.8 Å². The molecule has 520 valence electrons. The van der Waals surface area contributed by atoms with E-state index in [4.69, 9.17) is 56.8 Å². The number of rotatable bonds is 16. The van der Waals surface area contributed by atoms with E-state index in [-0.39, 0.29) is 0 Å². The standard InChI is InChI=1S/4C23H20O3/c1-24-21-13-16-9-5-4-8-15(16)12-19(21)20-14-22(25-2)17-10-6-7-11-18(17)23(20)26-3;1-24-21-13-12-16(15-8-4-5-9-17(15)21)20-14-22(25-2)18-10-6-7-11-19(18)23(20)26-3;1-24-20-13-12-15-8-4-5-9-16(15)22(20)19-14-21(25-2)17-10-6-7-11-18(17)23(19)26-3;1-24-21-14-20(23(26-3)18-11-7-6-10-17(18)21)19-13-12-15-8-4-5-9-16(15)22(19)25-2/h4*4-14H,1-3H3. The minimum Gasteiger partial charge on any atom is -0.496 e. The number of ether oxygens (including phenoxy) is 12. The van der Waals surface area contributed by atoms with Crippen molar-refractivity contribution in [2.45, 2.75) is 0 Å². The van der Waals surface area contributed by atoms with Gasteiger partial charge in [-0.1, -0.05) is 206 Å². The van der Waals surface area contributed by atoms with Gasteiger partial charge in [0.25, 0.3) is 0 Å². The first-order chi connectivity index (χ1) is 51.1. The van der Waals surface area contributed by atoms with Crippen LogP contribution in [0.3, 0.4) is 0 Å². The molecule has 0 atom stereocenters. The Hall–Kier alpha value is -12.8. The van der Waals surface area contributed by atoms with Crippen LogP contribution >= 0.6 is 0 Å². The van der Waals surface area contributed by atoms with Crippen LogP contribution in [-0.4, -0.2) is 85.3 Å². The molecule has 0 radical (unpaired) electrons. The Morgan fingerprint density at radius 2 is 0.423 bits per heavy atom. The Morgan fingerprint density at radius 1 is 0.144 bits per heavy atom. The second-order valence-corrected chi connectivity index (χ2v) is 24.3. The molecule has 12 heteroatoms. The third kappa shape index (κ3) is 13.1. The average Bonchev–Trinajstić information content (AvgIpc) is 0.767. The lowest BCUT2D eigenvalue weighted by Crippen LogP contribution is -1.96. The molecular formula is C92H80O12. The summed E-state index contributed by atoms with van der Waals surface area (Å²) in [5, 5.41) is 17.1. The third-order valence-corrected chi connectivity index (χ3v) is 19.0. The molecule has 0 saturated carbocycles. The van der Waals surface area contributed by atoms with Crippen molar-refractivity contribution >= 4 is 86.2 Å². The zero-order chi connectivity index (χ0) is 72.4. The van der Waals surface area contributed by atoms with Gasteiger partial charge in [0.15, 0.2) is 0 Å². The molecule has 0 fully saturated rings. The van der Waals surface area contributed by atoms with Crippen molar-refractivity contribution in [3.05, 3.63) is 267 Å². The summed E-state index contributed by atoms with van der Waals surface area (Å²) >= 11 is 0. The molecule has 104 heavy (non-hydrogen) atoms. The van der Waals surface area contributed by atoms with E-state index in [1.165, 1.54) is 0 Å². The first-order valence-corrected chi connectivity index (χ1v) is 33.9. The Bertz CT molecular complexity index is 5710. The minimum absolute atomic E-state index is 0.805. The van der Waals surface area contributed by atoms with Crippen LogP contribution in [0.4, 0.5) is 0 Å². The largest absolute Gasteiger partial charge is 0.496 e. The minimum atomic E-state index is 0.805. The molecule has 0 aliphatic heterocycles. The molecular weight excluding hydrogens is 1300 g/mol. The number of benzene rings is 16. The van der Waals surface area contributed by atoms with Gasteiger partial charge in [0.1, 0.15) is 69.0 Å². The van der Waals surface area contributed by atoms with Gasteiger partial charge in [-0.2, -0.15) is 0 Å². The fraction of sp³-hybridized carbons (Fsp3) is 0.130. The molecule has 16 aromatic carbocycles. The lowest BCUT2D eigenvalue weighted by Gasteiger charge is -2.18. The Balaban J connectivity index is 0.000000123. The van der Waals surface area contributed by atoms with Crippen LogP contribution < -0.4 is 56.8 Å². The molecule has 0 aliphatic rings. The predicted molar refractivity (Wildman–Crippen MR) is 426 cm³/mol. The molecule has 16 aromatic rings. The topological polar surface area (TPSA) is 111 Å². The highest BCUT2D eigenvalue weighted by molar-refractivity contribution is 6.10. The molecule has 0 heterocycles. The van der Waals surface area contributed by atoms with Crippen molar-refractivity contribution in [1.29, 1.82) is 0 Å². The van der Waals surface area contributed by atoms with E-state index in [9.17, 15) is 0 Å². The molecule has 0 amide bonds. The molecule has 0 bridgehead atoms. The van der Waals surface area contributed by atoms with E-state index in [1.807, 2.05) is 164 Å². The highest BCUT2D eigenvalue weighted by Crippen LogP contribution is 2.51. The van der Waals surface area contributed by atoms with E-state index in [1.54, 1.807) is 85.3 Å². The summed E-state index contributed by atoms with van der Waals surface area (Å²) in [7, 11) is 20.4. The fourth-order valence-electron chi connectivity index (χ4n) is 14.3. The van der Waals surface area contributed by atoms with Crippen molar-refractivity contribution in [2.24, 2.45) is 0 Å². The quantitative estimate of drug-likeness (QED) is 0.0918. The summed E-state index contributed by atoms with van der Waals surface area (Å²) in [4.78, 5) is 0. The lowest BCUT2D eigenvalue weighted by molar-refractivity contribution is 0.408. The van der Waals surface area contributed by atoms with Gasteiger partial charge in [-0.05, 0) is 98.5 Å². The monoisotopic (exact) mass is 1380 g/mol. The maximum absolute atomic E-state index is 5.85. The van der Waals surface area contributed by atoms with Crippen LogP contribution in [0, 0.1) is 0 Å². The molecule has 0 aliphatic carbocycles. The average molecular weight is 1380 g/mol. The smallest absolute Gasteiger partial charge is 0.134 e. The summed E-state index contributed by atoms with van der Waals surface area (Å²) in [5.41, 5.74) is 7.91. The number of methoxy groups -OCH3 is 12. The summed E-state index contributed by atoms with van der Waals surface area (Å²) in [5.74, 6) is 9.85. The number of fused-ring (bicyclic) bond motifs is 8. The SMILES string of the molecule is COc1c(-c2cc(OC)c3ccccc3c2OC)ccc2ccccc12.COc1cc2ccccc2cc1-c1cc(OC)c2ccccc2c1OC.COc1ccc(-c2cc(OC)c3ccccc3c2OC)c2ccccc12.COc1ccc2ccccc2c1-c1cc(OC)c2ccccc2c1OC. The first-order valence-electron chi connectivity index (χ1n) is 33.9. The fourth-order valence-corrected chi connectivity index (χ4v) is 14.3. The van der Waals surface area contributed by atoms with E-state index in [2.05, 4.69) is 103 Å². The highest BCUT2D eigenvalue weighted by atomic mass is 16.5. The number of hydrogen-bond acceptors (Lipinski definition) is 12. The second kappa shape index (κ2) is 31.4. The highest BCUT2D eigenvalue weighted by Gasteiger charge is 2.24. The van der Waals surface area contributed by atoms with Gasteiger partial charge in [-0.15, -0.1) is 0 Å². The van der Waals surface area contributed by atoms with E-state index in [0.717, 1.165) is 200 Å². The zero-order valence-electron chi connectivity index (χ0n) is 60.3. The van der Waals surface area contributed by atoms with Gasteiger partial charge in [0.05, 0.1) is 85.3 Å². The molecule has 0 unspecified atom stereocenters. The van der Waals surface area contributed by atoms with Crippen LogP contribution in [-0.2, 0) is 0 Å². The van der Waals surface area contributed by atoms with Gasteiger partial charge in [-0.25, -0.2) is 0 Å². The molecule has 0 spiro atoms. The van der Waals surface area contributed by atoms with E-state index < -0.39 is 0 Å². The van der Waals surface area contributed by atoms with Crippen molar-refractivity contribution in [1.82, 2.24) is 0 Å².